The van der Waals surface area contributed by atoms with Crippen LogP contribution in [0.1, 0.15) is 35.3 Å². The van der Waals surface area contributed by atoms with Crippen LogP contribution in [-0.4, -0.2) is 38.1 Å². The SMILES string of the molecule is Cc1nc(N2CCC[C@H]2CC(=O)c2cnn(C)c2)ccc1[N+](=O)[O-]. The molecule has 126 valence electrons. The van der Waals surface area contributed by atoms with Gasteiger partial charge in [0.25, 0.3) is 5.69 Å². The fraction of sp³-hybridized carbons (Fsp3) is 0.438. The zero-order chi connectivity index (χ0) is 17.3. The molecule has 0 spiro atoms. The van der Waals surface area contributed by atoms with E-state index in [1.807, 2.05) is 0 Å². The van der Waals surface area contributed by atoms with Gasteiger partial charge in [-0.25, -0.2) is 4.98 Å². The molecule has 0 unspecified atom stereocenters. The Balaban J connectivity index is 1.77. The molecule has 0 bridgehead atoms. The van der Waals surface area contributed by atoms with Crippen LogP contribution in [0, 0.1) is 17.0 Å². The van der Waals surface area contributed by atoms with E-state index in [-0.39, 0.29) is 17.5 Å². The topological polar surface area (TPSA) is 94.2 Å². The number of anilines is 1. The van der Waals surface area contributed by atoms with Crippen molar-refractivity contribution in [2.24, 2.45) is 7.05 Å². The van der Waals surface area contributed by atoms with Gasteiger partial charge in [0.15, 0.2) is 5.78 Å². The van der Waals surface area contributed by atoms with Crippen molar-refractivity contribution in [3.05, 3.63) is 45.9 Å². The predicted molar refractivity (Wildman–Crippen MR) is 88.2 cm³/mol. The van der Waals surface area contributed by atoms with Crippen LogP contribution in [0.2, 0.25) is 0 Å². The Kier molecular flexibility index (Phi) is 4.28. The van der Waals surface area contributed by atoms with Crippen LogP contribution in [0.25, 0.3) is 0 Å². The van der Waals surface area contributed by atoms with Gasteiger partial charge in [0.1, 0.15) is 11.5 Å². The monoisotopic (exact) mass is 329 g/mol. The number of rotatable bonds is 5. The maximum absolute atomic E-state index is 12.4. The van der Waals surface area contributed by atoms with E-state index in [1.165, 1.54) is 6.07 Å². The number of pyridine rings is 1. The van der Waals surface area contributed by atoms with E-state index in [0.717, 1.165) is 19.4 Å². The zero-order valence-electron chi connectivity index (χ0n) is 13.7. The third-order valence-electron chi connectivity index (χ3n) is 4.36. The van der Waals surface area contributed by atoms with Gasteiger partial charge in [0.05, 0.1) is 16.7 Å². The van der Waals surface area contributed by atoms with Gasteiger partial charge in [-0.15, -0.1) is 0 Å². The van der Waals surface area contributed by atoms with Crippen molar-refractivity contribution in [1.29, 1.82) is 0 Å². The Morgan fingerprint density at radius 3 is 2.88 bits per heavy atom. The summed E-state index contributed by atoms with van der Waals surface area (Å²) in [6.45, 7) is 2.43. The van der Waals surface area contributed by atoms with Crippen LogP contribution < -0.4 is 4.90 Å². The first-order valence-electron chi connectivity index (χ1n) is 7.86. The lowest BCUT2D eigenvalue weighted by Gasteiger charge is -2.25. The Hall–Kier alpha value is -2.77. The van der Waals surface area contributed by atoms with Crippen LogP contribution in [0.4, 0.5) is 11.5 Å². The summed E-state index contributed by atoms with van der Waals surface area (Å²) in [5.74, 6) is 0.748. The third kappa shape index (κ3) is 3.12. The molecule has 2 aromatic heterocycles. The second-order valence-electron chi connectivity index (χ2n) is 6.05. The fourth-order valence-electron chi connectivity index (χ4n) is 3.14. The van der Waals surface area contributed by atoms with Gasteiger partial charge in [-0.05, 0) is 25.8 Å². The van der Waals surface area contributed by atoms with Crippen LogP contribution in [0.5, 0.6) is 0 Å². The molecule has 8 nitrogen and oxygen atoms in total. The highest BCUT2D eigenvalue weighted by Gasteiger charge is 2.29. The van der Waals surface area contributed by atoms with Gasteiger partial charge in [-0.2, -0.15) is 5.10 Å². The summed E-state index contributed by atoms with van der Waals surface area (Å²) in [6, 6.07) is 3.21. The minimum Gasteiger partial charge on any atom is -0.353 e. The smallest absolute Gasteiger partial charge is 0.290 e. The van der Waals surface area contributed by atoms with Gasteiger partial charge in [-0.3, -0.25) is 19.6 Å². The van der Waals surface area contributed by atoms with E-state index >= 15 is 0 Å². The Bertz CT molecular complexity index is 786. The molecule has 1 fully saturated rings. The first-order chi connectivity index (χ1) is 11.5. The summed E-state index contributed by atoms with van der Waals surface area (Å²) in [6.07, 6.45) is 5.57. The maximum atomic E-state index is 12.4. The third-order valence-corrected chi connectivity index (χ3v) is 4.36. The molecule has 0 radical (unpaired) electrons. The summed E-state index contributed by atoms with van der Waals surface area (Å²) >= 11 is 0. The Morgan fingerprint density at radius 1 is 1.46 bits per heavy atom. The van der Waals surface area contributed by atoms with Crippen LogP contribution in [-0.2, 0) is 7.05 Å². The van der Waals surface area contributed by atoms with Gasteiger partial charge < -0.3 is 4.90 Å². The molecule has 1 saturated heterocycles. The number of aromatic nitrogens is 3. The van der Waals surface area contributed by atoms with E-state index in [9.17, 15) is 14.9 Å². The molecule has 1 aliphatic rings. The number of ketones is 1. The number of nitrogens with zero attached hydrogens (tertiary/aromatic N) is 5. The highest BCUT2D eigenvalue weighted by Crippen LogP contribution is 2.29. The molecule has 24 heavy (non-hydrogen) atoms. The highest BCUT2D eigenvalue weighted by molar-refractivity contribution is 5.96. The van der Waals surface area contributed by atoms with Crippen molar-refractivity contribution in [2.45, 2.75) is 32.2 Å². The van der Waals surface area contributed by atoms with Crippen molar-refractivity contribution < 1.29 is 9.72 Å². The number of nitro groups is 1. The van der Waals surface area contributed by atoms with Gasteiger partial charge in [-0.1, -0.05) is 0 Å². The molecule has 0 saturated carbocycles. The number of carbonyl (C=O) groups excluding carboxylic acids is 1. The fourth-order valence-corrected chi connectivity index (χ4v) is 3.14. The molecule has 1 atom stereocenters. The lowest BCUT2D eigenvalue weighted by Crippen LogP contribution is -2.32. The zero-order valence-corrected chi connectivity index (χ0v) is 13.7. The minimum atomic E-state index is -0.431. The summed E-state index contributed by atoms with van der Waals surface area (Å²) in [5.41, 5.74) is 1.01. The number of hydrogen-bond donors (Lipinski definition) is 0. The van der Waals surface area contributed by atoms with E-state index in [0.29, 0.717) is 23.5 Å². The average molecular weight is 329 g/mol. The summed E-state index contributed by atoms with van der Waals surface area (Å²) in [7, 11) is 1.78. The van der Waals surface area contributed by atoms with Crippen LogP contribution in [0.3, 0.4) is 0 Å². The molecule has 3 rings (SSSR count). The maximum Gasteiger partial charge on any atom is 0.290 e. The van der Waals surface area contributed by atoms with Crippen LogP contribution in [0.15, 0.2) is 24.5 Å². The standard InChI is InChI=1S/C16H19N5O3/c1-11-14(21(23)24)5-6-16(18-11)20-7-3-4-13(20)8-15(22)12-9-17-19(2)10-12/h5-6,9-10,13H,3-4,7-8H2,1-2H3/t13-/m0/s1. The van der Waals surface area contributed by atoms with E-state index in [4.69, 9.17) is 0 Å². The molecule has 0 N–H and O–H groups in total. The van der Waals surface area contributed by atoms with Crippen molar-refractivity contribution >= 4 is 17.3 Å². The van der Waals surface area contributed by atoms with Crippen molar-refractivity contribution in [3.8, 4) is 0 Å². The van der Waals surface area contributed by atoms with Crippen LogP contribution >= 0.6 is 0 Å². The Labute approximate surface area is 139 Å². The second kappa shape index (κ2) is 6.38. The molecule has 3 heterocycles. The average Bonchev–Trinajstić information content (AvgIpc) is 3.15. The van der Waals surface area contributed by atoms with E-state index in [2.05, 4.69) is 15.0 Å². The van der Waals surface area contributed by atoms with Gasteiger partial charge >= 0.3 is 0 Å². The van der Waals surface area contributed by atoms with Gasteiger partial charge in [0.2, 0.25) is 0 Å². The first-order valence-corrected chi connectivity index (χ1v) is 7.86. The second-order valence-corrected chi connectivity index (χ2v) is 6.05. The minimum absolute atomic E-state index is 0.0148. The summed E-state index contributed by atoms with van der Waals surface area (Å²) in [4.78, 5) is 29.3. The lowest BCUT2D eigenvalue weighted by molar-refractivity contribution is -0.385. The quantitative estimate of drug-likeness (QED) is 0.474. The number of Topliss-reactive ketones (excluding diaryl/α,β-unsaturated/α-hetero) is 1. The highest BCUT2D eigenvalue weighted by atomic mass is 16.6. The molecule has 0 aliphatic carbocycles. The molecular weight excluding hydrogens is 310 g/mol. The summed E-state index contributed by atoms with van der Waals surface area (Å²) in [5, 5.41) is 15.0. The van der Waals surface area contributed by atoms with Crippen molar-refractivity contribution in [3.63, 3.8) is 0 Å². The summed E-state index contributed by atoms with van der Waals surface area (Å²) < 4.78 is 1.61. The van der Waals surface area contributed by atoms with Gasteiger partial charge in [0, 0.05) is 38.3 Å². The molecule has 8 heteroatoms. The number of aryl methyl sites for hydroxylation is 2. The van der Waals surface area contributed by atoms with E-state index in [1.54, 1.807) is 37.1 Å². The molecule has 0 aromatic carbocycles. The largest absolute Gasteiger partial charge is 0.353 e. The normalized spacial score (nSPS) is 17.2. The number of carbonyl (C=O) groups is 1. The predicted octanol–water partition coefficient (Wildman–Crippen LogP) is 2.27. The number of hydrogen-bond acceptors (Lipinski definition) is 6. The molecule has 0 amide bonds. The first kappa shape index (κ1) is 16.1. The molecule has 2 aromatic rings. The van der Waals surface area contributed by atoms with Crippen molar-refractivity contribution in [2.75, 3.05) is 11.4 Å². The molecular formula is C16H19N5O3. The molecule has 1 aliphatic heterocycles. The van der Waals surface area contributed by atoms with Crippen molar-refractivity contribution in [1.82, 2.24) is 14.8 Å². The lowest BCUT2D eigenvalue weighted by atomic mass is 10.0. The Morgan fingerprint density at radius 2 is 2.25 bits per heavy atom. The van der Waals surface area contributed by atoms with E-state index < -0.39 is 4.92 Å².